The highest BCUT2D eigenvalue weighted by atomic mass is 32.1. The average Bonchev–Trinajstić information content (AvgIpc) is 2.50. The predicted octanol–water partition coefficient (Wildman–Crippen LogP) is 1.97. The van der Waals surface area contributed by atoms with Crippen LogP contribution >= 0.6 is 11.3 Å². The van der Waals surface area contributed by atoms with Crippen LogP contribution < -0.4 is 11.1 Å². The first-order chi connectivity index (χ1) is 6.80. The van der Waals surface area contributed by atoms with E-state index in [1.807, 2.05) is 13.0 Å². The summed E-state index contributed by atoms with van der Waals surface area (Å²) in [5, 5.41) is 2.90. The highest BCUT2D eigenvalue weighted by Crippen LogP contribution is 2.22. The van der Waals surface area contributed by atoms with Gasteiger partial charge < -0.3 is 11.1 Å². The number of nitrogens with two attached hydrogens (primary N) is 1. The minimum absolute atomic E-state index is 0.0269. The van der Waals surface area contributed by atoms with Gasteiger partial charge in [0, 0.05) is 9.75 Å². The van der Waals surface area contributed by atoms with Crippen molar-refractivity contribution in [3.63, 3.8) is 0 Å². The number of hydrogen-bond donors (Lipinski definition) is 2. The van der Waals surface area contributed by atoms with E-state index in [9.17, 15) is 4.79 Å². The van der Waals surface area contributed by atoms with Gasteiger partial charge in [-0.1, -0.05) is 0 Å². The Balaban J connectivity index is 2.64. The number of carbonyl (C=O) groups excluding carboxylic acids is 1. The molecule has 4 heteroatoms. The highest BCUT2D eigenvalue weighted by molar-refractivity contribution is 7.12. The van der Waals surface area contributed by atoms with Gasteiger partial charge in [0.15, 0.2) is 0 Å². The van der Waals surface area contributed by atoms with Gasteiger partial charge in [0.25, 0.3) is 0 Å². The van der Waals surface area contributed by atoms with Crippen LogP contribution in [-0.4, -0.2) is 11.4 Å². The molecule has 1 aromatic heterocycles. The molecular weight excluding hydrogens is 208 g/mol. The molecule has 0 fully saturated rings. The van der Waals surface area contributed by atoms with Gasteiger partial charge in [-0.3, -0.25) is 4.79 Å². The minimum atomic E-state index is -0.819. The van der Waals surface area contributed by atoms with Gasteiger partial charge in [0.1, 0.15) is 0 Å². The molecule has 15 heavy (non-hydrogen) atoms. The van der Waals surface area contributed by atoms with Crippen molar-refractivity contribution < 1.29 is 4.79 Å². The van der Waals surface area contributed by atoms with Crippen molar-refractivity contribution in [1.82, 2.24) is 5.32 Å². The molecule has 0 saturated carbocycles. The third-order valence-corrected chi connectivity index (χ3v) is 3.30. The summed E-state index contributed by atoms with van der Waals surface area (Å²) in [7, 11) is 0. The number of amides is 1. The number of nitrogens with one attached hydrogen (secondary N) is 1. The Bertz CT molecular complexity index is 352. The molecule has 0 aliphatic heterocycles. The molecule has 0 bridgehead atoms. The van der Waals surface area contributed by atoms with E-state index < -0.39 is 5.54 Å². The normalized spacial score (nSPS) is 13.7. The van der Waals surface area contributed by atoms with Gasteiger partial charge in [-0.15, -0.1) is 11.3 Å². The lowest BCUT2D eigenvalue weighted by Gasteiger charge is -2.21. The zero-order chi connectivity index (χ0) is 11.6. The number of thiophene rings is 1. The SMILES string of the molecule is Cc1ccc(C(C)NC(=O)C(C)(C)N)s1. The molecule has 1 heterocycles. The van der Waals surface area contributed by atoms with E-state index in [0.717, 1.165) is 4.88 Å². The largest absolute Gasteiger partial charge is 0.347 e. The second-order valence-electron chi connectivity index (χ2n) is 4.37. The Kier molecular flexibility index (Phi) is 3.52. The van der Waals surface area contributed by atoms with Gasteiger partial charge in [0.05, 0.1) is 11.6 Å². The molecule has 0 aliphatic carbocycles. The summed E-state index contributed by atoms with van der Waals surface area (Å²) in [4.78, 5) is 14.0. The zero-order valence-corrected chi connectivity index (χ0v) is 10.4. The molecule has 3 nitrogen and oxygen atoms in total. The predicted molar refractivity (Wildman–Crippen MR) is 63.9 cm³/mol. The molecule has 1 aromatic rings. The van der Waals surface area contributed by atoms with Crippen molar-refractivity contribution in [3.05, 3.63) is 21.9 Å². The highest BCUT2D eigenvalue weighted by Gasteiger charge is 2.23. The fourth-order valence-corrected chi connectivity index (χ4v) is 2.02. The third kappa shape index (κ3) is 3.32. The second kappa shape index (κ2) is 4.33. The first-order valence-corrected chi connectivity index (χ1v) is 5.78. The third-order valence-electron chi connectivity index (χ3n) is 2.12. The maximum Gasteiger partial charge on any atom is 0.240 e. The van der Waals surface area contributed by atoms with E-state index in [2.05, 4.69) is 18.3 Å². The lowest BCUT2D eigenvalue weighted by molar-refractivity contribution is -0.125. The van der Waals surface area contributed by atoms with Gasteiger partial charge in [-0.2, -0.15) is 0 Å². The van der Waals surface area contributed by atoms with Gasteiger partial charge in [-0.25, -0.2) is 0 Å². The van der Waals surface area contributed by atoms with Crippen molar-refractivity contribution in [1.29, 1.82) is 0 Å². The Labute approximate surface area is 94.7 Å². The van der Waals surface area contributed by atoms with Crippen LogP contribution in [0.15, 0.2) is 12.1 Å². The molecule has 0 saturated heterocycles. The number of aryl methyl sites for hydroxylation is 1. The fourth-order valence-electron chi connectivity index (χ4n) is 1.14. The standard InChI is InChI=1S/C11H18N2OS/c1-7-5-6-9(15-7)8(2)13-10(14)11(3,4)12/h5-6,8H,12H2,1-4H3,(H,13,14). The van der Waals surface area contributed by atoms with Crippen molar-refractivity contribution in [2.45, 2.75) is 39.3 Å². The smallest absolute Gasteiger partial charge is 0.240 e. The number of hydrogen-bond acceptors (Lipinski definition) is 3. The maximum absolute atomic E-state index is 11.6. The van der Waals surface area contributed by atoms with Crippen LogP contribution in [0.5, 0.6) is 0 Å². The molecule has 0 spiro atoms. The average molecular weight is 226 g/mol. The molecule has 1 atom stereocenters. The van der Waals surface area contributed by atoms with Crippen molar-refractivity contribution in [2.24, 2.45) is 5.73 Å². The molecule has 1 unspecified atom stereocenters. The fraction of sp³-hybridized carbons (Fsp3) is 0.545. The van der Waals surface area contributed by atoms with Crippen LogP contribution in [0.25, 0.3) is 0 Å². The van der Waals surface area contributed by atoms with Crippen LogP contribution in [0, 0.1) is 6.92 Å². The van der Waals surface area contributed by atoms with Gasteiger partial charge >= 0.3 is 0 Å². The zero-order valence-electron chi connectivity index (χ0n) is 9.63. The van der Waals surface area contributed by atoms with Gasteiger partial charge in [0.2, 0.25) is 5.91 Å². The maximum atomic E-state index is 11.6. The Hall–Kier alpha value is -0.870. The van der Waals surface area contributed by atoms with Crippen LogP contribution in [-0.2, 0) is 4.79 Å². The first-order valence-electron chi connectivity index (χ1n) is 4.97. The lowest BCUT2D eigenvalue weighted by Crippen LogP contribution is -2.49. The second-order valence-corrected chi connectivity index (χ2v) is 5.68. The van der Waals surface area contributed by atoms with E-state index in [4.69, 9.17) is 5.73 Å². The Morgan fingerprint density at radius 2 is 2.13 bits per heavy atom. The van der Waals surface area contributed by atoms with Crippen LogP contribution in [0.4, 0.5) is 0 Å². The van der Waals surface area contributed by atoms with E-state index in [1.54, 1.807) is 25.2 Å². The monoisotopic (exact) mass is 226 g/mol. The summed E-state index contributed by atoms with van der Waals surface area (Å²) in [5.41, 5.74) is 4.88. The summed E-state index contributed by atoms with van der Waals surface area (Å²) in [6, 6.07) is 4.11. The first kappa shape index (κ1) is 12.2. The van der Waals surface area contributed by atoms with E-state index in [0.29, 0.717) is 0 Å². The summed E-state index contributed by atoms with van der Waals surface area (Å²) in [5.74, 6) is -0.124. The van der Waals surface area contributed by atoms with Crippen molar-refractivity contribution in [3.8, 4) is 0 Å². The molecule has 3 N–H and O–H groups in total. The van der Waals surface area contributed by atoms with E-state index in [-0.39, 0.29) is 11.9 Å². The molecule has 1 rings (SSSR count). The molecule has 0 aliphatic rings. The number of rotatable bonds is 3. The quantitative estimate of drug-likeness (QED) is 0.828. The summed E-state index contributed by atoms with van der Waals surface area (Å²) in [6.45, 7) is 7.42. The van der Waals surface area contributed by atoms with E-state index in [1.165, 1.54) is 4.88 Å². The minimum Gasteiger partial charge on any atom is -0.347 e. The summed E-state index contributed by atoms with van der Waals surface area (Å²) < 4.78 is 0. The van der Waals surface area contributed by atoms with Crippen LogP contribution in [0.2, 0.25) is 0 Å². The molecular formula is C11H18N2OS. The van der Waals surface area contributed by atoms with Crippen molar-refractivity contribution >= 4 is 17.2 Å². The molecule has 0 aromatic carbocycles. The molecule has 84 valence electrons. The van der Waals surface area contributed by atoms with E-state index >= 15 is 0 Å². The summed E-state index contributed by atoms with van der Waals surface area (Å²) in [6.07, 6.45) is 0. The lowest BCUT2D eigenvalue weighted by atomic mass is 10.1. The Morgan fingerprint density at radius 3 is 2.53 bits per heavy atom. The van der Waals surface area contributed by atoms with Crippen molar-refractivity contribution in [2.75, 3.05) is 0 Å². The summed E-state index contributed by atoms with van der Waals surface area (Å²) >= 11 is 1.69. The topological polar surface area (TPSA) is 55.1 Å². The number of carbonyl (C=O) groups is 1. The van der Waals surface area contributed by atoms with Crippen LogP contribution in [0.3, 0.4) is 0 Å². The molecule has 0 radical (unpaired) electrons. The Morgan fingerprint density at radius 1 is 1.53 bits per heavy atom. The van der Waals surface area contributed by atoms with Gasteiger partial charge in [-0.05, 0) is 39.8 Å². The van der Waals surface area contributed by atoms with Crippen LogP contribution in [0.1, 0.15) is 36.6 Å². The molecule has 1 amide bonds.